The second kappa shape index (κ2) is 27.2. The van der Waals surface area contributed by atoms with E-state index in [-0.39, 0.29) is 45.4 Å². The summed E-state index contributed by atoms with van der Waals surface area (Å²) < 4.78 is 29.5. The topological polar surface area (TPSA) is 84.0 Å². The van der Waals surface area contributed by atoms with Crippen molar-refractivity contribution in [2.24, 2.45) is 17.3 Å². The van der Waals surface area contributed by atoms with E-state index in [4.69, 9.17) is 23.0 Å². The molecule has 0 saturated heterocycles. The van der Waals surface area contributed by atoms with Crippen LogP contribution in [0.15, 0.2) is 126 Å². The number of nitrogens with zero attached hydrogens (tertiary/aromatic N) is 1. The van der Waals surface area contributed by atoms with Gasteiger partial charge in [-0.25, -0.2) is 4.98 Å². The molecule has 77 heavy (non-hydrogen) atoms. The maximum absolute atomic E-state index is 15.5. The molecule has 1 heterocycles. The Morgan fingerprint density at radius 2 is 1.17 bits per heavy atom. The minimum Gasteiger partial charge on any atom is -0.413 e. The fourth-order valence-corrected chi connectivity index (χ4v) is 14.4. The van der Waals surface area contributed by atoms with Crippen molar-refractivity contribution in [3.63, 3.8) is 0 Å². The number of aryl methyl sites for hydroxylation is 1. The molecule has 1 aromatic heterocycles. The van der Waals surface area contributed by atoms with E-state index < -0.39 is 48.0 Å². The number of hydrogen-bond donors (Lipinski definition) is 0. The number of aldehydes is 1. The average molecular weight is 1120 g/mol. The van der Waals surface area contributed by atoms with Gasteiger partial charge in [0.25, 0.3) is 0 Å². The Hall–Kier alpha value is -3.66. The Labute approximate surface area is 475 Å². The smallest absolute Gasteiger partial charge is 0.192 e. The van der Waals surface area contributed by atoms with Crippen molar-refractivity contribution < 1.29 is 27.6 Å². The number of carbonyl (C=O) groups excluding carboxylic acids is 2. The lowest BCUT2D eigenvalue weighted by Gasteiger charge is -2.47. The maximum atomic E-state index is 15.5. The lowest BCUT2D eigenvalue weighted by atomic mass is 9.70. The van der Waals surface area contributed by atoms with Crippen molar-refractivity contribution in [3.05, 3.63) is 154 Å². The van der Waals surface area contributed by atoms with Crippen molar-refractivity contribution in [3.8, 4) is 0 Å². The summed E-state index contributed by atoms with van der Waals surface area (Å²) in [6, 6.07) is 31.8. The van der Waals surface area contributed by atoms with Crippen molar-refractivity contribution in [1.82, 2.24) is 4.98 Å². The van der Waals surface area contributed by atoms with Crippen LogP contribution >= 0.6 is 11.3 Å². The van der Waals surface area contributed by atoms with Crippen LogP contribution in [0, 0.1) is 24.2 Å². The van der Waals surface area contributed by atoms with E-state index in [1.807, 2.05) is 13.0 Å². The SMILES string of the molecule is C=CC[C@](C)(C(=O)[C@@H](C)[C@H](O[Si](C)(C)C(C)(C)C)[C@@H](C)CCC/C(=C\C[C@H](O[Si](C)(C)C(C)(C)C)/C(C)=C/c1csc(C)n1)COC(c1ccccc1)(c1ccccc1)c1ccccc1)[C@H](CC=O)O[Si](C)(C)C(C)(C)C. The third-order valence-corrected chi connectivity index (χ3v) is 31.9. The highest BCUT2D eigenvalue weighted by atomic mass is 32.1. The number of Topliss-reactive ketones (excluding diaryl/α,β-unsaturated/α-hetero) is 1. The minimum atomic E-state index is -2.41. The van der Waals surface area contributed by atoms with Crippen LogP contribution in [0.5, 0.6) is 0 Å². The van der Waals surface area contributed by atoms with Gasteiger partial charge in [-0.3, -0.25) is 4.79 Å². The molecule has 0 aliphatic rings. The zero-order valence-corrected chi connectivity index (χ0v) is 55.2. The highest BCUT2D eigenvalue weighted by Gasteiger charge is 2.51. The molecule has 3 aromatic carbocycles. The highest BCUT2D eigenvalue weighted by Crippen LogP contribution is 2.47. The molecule has 11 heteroatoms. The van der Waals surface area contributed by atoms with Gasteiger partial charge in [-0.15, -0.1) is 17.9 Å². The molecule has 0 aliphatic heterocycles. The molecule has 0 N–H and O–H groups in total. The molecule has 0 aliphatic carbocycles. The quantitative estimate of drug-likeness (QED) is 0.0232. The number of hydrogen-bond acceptors (Lipinski definition) is 8. The zero-order chi connectivity index (χ0) is 57.8. The third kappa shape index (κ3) is 16.9. The summed E-state index contributed by atoms with van der Waals surface area (Å²) in [5.74, 6) is -0.398. The summed E-state index contributed by atoms with van der Waals surface area (Å²) in [7, 11) is -7.05. The fourth-order valence-electron chi connectivity index (χ4n) is 9.57. The summed E-state index contributed by atoms with van der Waals surface area (Å²) in [6.45, 7) is 49.0. The molecule has 0 spiro atoms. The van der Waals surface area contributed by atoms with Crippen molar-refractivity contribution in [1.29, 1.82) is 0 Å². The van der Waals surface area contributed by atoms with Gasteiger partial charge in [-0.2, -0.15) is 0 Å². The van der Waals surface area contributed by atoms with Gasteiger partial charge in [0.05, 0.1) is 41.0 Å². The van der Waals surface area contributed by atoms with Crippen LogP contribution in [0.3, 0.4) is 0 Å². The minimum absolute atomic E-state index is 0.00697. The zero-order valence-electron chi connectivity index (χ0n) is 51.4. The van der Waals surface area contributed by atoms with Crippen LogP contribution in [0.25, 0.3) is 6.08 Å². The van der Waals surface area contributed by atoms with Gasteiger partial charge in [0.15, 0.2) is 25.0 Å². The number of rotatable bonds is 29. The standard InChI is InChI=1S/C66H101NO6SSi3/c1-22-44-65(15,59(43-45-68)72-76(18,19)63(9,10)11)61(69)51(4)60(73-77(20,21)64(12,13)14)49(2)33-32-34-53(41-42-58(71-75(16,17)62(6,7)8)50(3)46-57-48-74-52(5)67-57)47-70-66(54-35-26-23-27-36-54,55-37-28-24-29-38-55)56-39-30-25-31-40-56/h22-31,35-41,45-46,48-49,51,58-60H,1,32-34,42-44,47H2,2-21H3/b50-46+,53-41+/t49-,51-,58-,59-,60+,65-/m0/s1. The second-order valence-corrected chi connectivity index (χ2v) is 42.1. The summed E-state index contributed by atoms with van der Waals surface area (Å²) in [5.41, 5.74) is 4.57. The normalized spacial score (nSPS) is 16.5. The van der Waals surface area contributed by atoms with E-state index >= 15 is 4.79 Å². The van der Waals surface area contributed by atoms with Gasteiger partial charge >= 0.3 is 0 Å². The number of aromatic nitrogens is 1. The molecule has 0 saturated carbocycles. The van der Waals surface area contributed by atoms with Crippen LogP contribution in [0.2, 0.25) is 54.4 Å². The van der Waals surface area contributed by atoms with Gasteiger partial charge in [0.1, 0.15) is 17.7 Å². The van der Waals surface area contributed by atoms with E-state index in [0.717, 1.165) is 58.5 Å². The molecule has 4 rings (SSSR count). The Kier molecular flexibility index (Phi) is 23.3. The van der Waals surface area contributed by atoms with E-state index in [1.54, 1.807) is 11.3 Å². The summed E-state index contributed by atoms with van der Waals surface area (Å²) >= 11 is 1.66. The predicted molar refractivity (Wildman–Crippen MR) is 335 cm³/mol. The second-order valence-electron chi connectivity index (χ2n) is 26.8. The third-order valence-electron chi connectivity index (χ3n) is 17.7. The van der Waals surface area contributed by atoms with E-state index in [1.165, 1.54) is 5.57 Å². The first-order chi connectivity index (χ1) is 35.7. The van der Waals surface area contributed by atoms with E-state index in [0.29, 0.717) is 19.4 Å². The molecular weight excluding hydrogens is 1020 g/mol. The molecule has 424 valence electrons. The monoisotopic (exact) mass is 1120 g/mol. The van der Waals surface area contributed by atoms with Crippen LogP contribution < -0.4 is 0 Å². The largest absolute Gasteiger partial charge is 0.413 e. The molecule has 0 fully saturated rings. The number of benzene rings is 3. The summed E-state index contributed by atoms with van der Waals surface area (Å²) in [4.78, 5) is 32.8. The van der Waals surface area contributed by atoms with Crippen LogP contribution in [0.4, 0.5) is 0 Å². The van der Waals surface area contributed by atoms with Gasteiger partial charge in [0.2, 0.25) is 0 Å². The first-order valence-electron chi connectivity index (χ1n) is 28.4. The maximum Gasteiger partial charge on any atom is 0.192 e. The molecule has 7 nitrogen and oxygen atoms in total. The fraction of sp³-hybridized carbons (Fsp3) is 0.561. The Bertz CT molecular complexity index is 2450. The number of carbonyl (C=O) groups is 2. The van der Waals surface area contributed by atoms with Crippen molar-refractivity contribution >= 4 is 54.4 Å². The van der Waals surface area contributed by atoms with Gasteiger partial charge in [-0.05, 0) is 147 Å². The van der Waals surface area contributed by atoms with Crippen molar-refractivity contribution in [2.75, 3.05) is 6.61 Å². The number of ketones is 1. The lowest BCUT2D eigenvalue weighted by molar-refractivity contribution is -0.142. The predicted octanol–water partition coefficient (Wildman–Crippen LogP) is 18.5. The molecule has 0 radical (unpaired) electrons. The Morgan fingerprint density at radius 1 is 0.701 bits per heavy atom. The lowest BCUT2D eigenvalue weighted by Crippen LogP contribution is -2.55. The number of ether oxygens (including phenoxy) is 1. The summed E-state index contributed by atoms with van der Waals surface area (Å²) in [6.07, 6.45) is 9.84. The van der Waals surface area contributed by atoms with Crippen LogP contribution in [-0.2, 0) is 33.2 Å². The molecule has 0 amide bonds. The molecule has 6 atom stereocenters. The molecular formula is C66H101NO6SSi3. The average Bonchev–Trinajstić information content (AvgIpc) is 3.77. The van der Waals surface area contributed by atoms with E-state index in [2.05, 4.69) is 244 Å². The van der Waals surface area contributed by atoms with Gasteiger partial charge in [0, 0.05) is 17.7 Å². The van der Waals surface area contributed by atoms with Crippen LogP contribution in [0.1, 0.15) is 156 Å². The van der Waals surface area contributed by atoms with Gasteiger partial charge < -0.3 is 22.8 Å². The number of thiazole rings is 1. The Balaban J connectivity index is 1.85. The first kappa shape index (κ1) is 65.9. The van der Waals surface area contributed by atoms with Crippen LogP contribution in [-0.4, -0.2) is 66.9 Å². The highest BCUT2D eigenvalue weighted by molar-refractivity contribution is 7.09. The first-order valence-corrected chi connectivity index (χ1v) is 38.0. The summed E-state index contributed by atoms with van der Waals surface area (Å²) in [5, 5.41) is 2.97. The molecule has 4 aromatic rings. The molecule has 0 bridgehead atoms. The van der Waals surface area contributed by atoms with Crippen molar-refractivity contribution in [2.45, 2.75) is 214 Å². The van der Waals surface area contributed by atoms with Gasteiger partial charge in [-0.1, -0.05) is 179 Å². The number of allylic oxidation sites excluding steroid dienone is 1. The Morgan fingerprint density at radius 3 is 1.60 bits per heavy atom. The van der Waals surface area contributed by atoms with E-state index in [9.17, 15) is 4.79 Å². The molecule has 0 unspecified atom stereocenters.